The Morgan fingerprint density at radius 2 is 2.00 bits per heavy atom. The second-order valence-electron chi connectivity index (χ2n) is 4.47. The van der Waals surface area contributed by atoms with Gasteiger partial charge in [0.25, 0.3) is 0 Å². The van der Waals surface area contributed by atoms with Crippen molar-refractivity contribution in [3.8, 4) is 0 Å². The molecule has 1 aromatic rings. The van der Waals surface area contributed by atoms with Gasteiger partial charge in [-0.3, -0.25) is 0 Å². The van der Waals surface area contributed by atoms with Crippen LogP contribution in [-0.2, 0) is 0 Å². The van der Waals surface area contributed by atoms with Gasteiger partial charge < -0.3 is 16.2 Å². The third kappa shape index (κ3) is 2.90. The summed E-state index contributed by atoms with van der Waals surface area (Å²) in [6.45, 7) is 6.19. The van der Waals surface area contributed by atoms with Gasteiger partial charge in [0.1, 0.15) is 0 Å². The summed E-state index contributed by atoms with van der Waals surface area (Å²) in [5, 5.41) is 12.4. The maximum atomic E-state index is 11.1. The fraction of sp³-hybridized carbons (Fsp3) is 0.462. The number of aromatic carboxylic acids is 1. The van der Waals surface area contributed by atoms with Gasteiger partial charge in [0, 0.05) is 5.54 Å². The first-order valence-corrected chi connectivity index (χ1v) is 5.83. The Hall–Kier alpha value is -1.71. The van der Waals surface area contributed by atoms with E-state index >= 15 is 0 Å². The number of rotatable bonds is 5. The largest absolute Gasteiger partial charge is 0.478 e. The number of anilines is 2. The molecule has 94 valence electrons. The number of hydrogen-bond acceptors (Lipinski definition) is 3. The van der Waals surface area contributed by atoms with Crippen LogP contribution in [0.25, 0.3) is 0 Å². The van der Waals surface area contributed by atoms with Gasteiger partial charge in [-0.1, -0.05) is 19.9 Å². The summed E-state index contributed by atoms with van der Waals surface area (Å²) < 4.78 is 0. The second kappa shape index (κ2) is 5.08. The summed E-state index contributed by atoms with van der Waals surface area (Å²) in [7, 11) is 0. The highest BCUT2D eigenvalue weighted by Crippen LogP contribution is 2.29. The van der Waals surface area contributed by atoms with Crippen LogP contribution in [0.1, 0.15) is 44.0 Å². The van der Waals surface area contributed by atoms with E-state index in [1.807, 2.05) is 0 Å². The summed E-state index contributed by atoms with van der Waals surface area (Å²) in [6, 6.07) is 4.92. The number of nitrogens with two attached hydrogens (primary N) is 1. The Bertz CT molecular complexity index is 412. The van der Waals surface area contributed by atoms with Crippen molar-refractivity contribution in [2.75, 3.05) is 11.1 Å². The summed E-state index contributed by atoms with van der Waals surface area (Å²) in [4.78, 5) is 11.1. The number of benzene rings is 1. The van der Waals surface area contributed by atoms with Crippen molar-refractivity contribution in [1.82, 2.24) is 0 Å². The Kier molecular flexibility index (Phi) is 3.99. The summed E-state index contributed by atoms with van der Waals surface area (Å²) >= 11 is 0. The SMILES string of the molecule is CCC(C)(CC)Nc1c(N)cccc1C(=O)O. The van der Waals surface area contributed by atoms with Crippen molar-refractivity contribution in [3.05, 3.63) is 23.8 Å². The normalized spacial score (nSPS) is 11.2. The van der Waals surface area contributed by atoms with E-state index in [9.17, 15) is 4.79 Å². The highest BCUT2D eigenvalue weighted by molar-refractivity contribution is 5.97. The van der Waals surface area contributed by atoms with Gasteiger partial charge in [0.2, 0.25) is 0 Å². The van der Waals surface area contributed by atoms with Crippen LogP contribution in [0.2, 0.25) is 0 Å². The van der Waals surface area contributed by atoms with Crippen LogP contribution in [0.4, 0.5) is 11.4 Å². The van der Waals surface area contributed by atoms with Crippen molar-refractivity contribution in [2.24, 2.45) is 0 Å². The van der Waals surface area contributed by atoms with Gasteiger partial charge in [-0.05, 0) is 31.9 Å². The zero-order chi connectivity index (χ0) is 13.1. The molecule has 0 spiro atoms. The maximum Gasteiger partial charge on any atom is 0.337 e. The molecule has 0 aromatic heterocycles. The molecular formula is C13H20N2O2. The molecule has 0 saturated carbocycles. The molecule has 0 aliphatic carbocycles. The quantitative estimate of drug-likeness (QED) is 0.687. The molecule has 0 aliphatic heterocycles. The lowest BCUT2D eigenvalue weighted by Gasteiger charge is -2.31. The molecule has 0 radical (unpaired) electrons. The fourth-order valence-electron chi connectivity index (χ4n) is 1.62. The van der Waals surface area contributed by atoms with Crippen molar-refractivity contribution < 1.29 is 9.90 Å². The number of carboxylic acid groups (broad SMARTS) is 1. The van der Waals surface area contributed by atoms with E-state index in [1.54, 1.807) is 18.2 Å². The van der Waals surface area contributed by atoms with Gasteiger partial charge in [0.05, 0.1) is 16.9 Å². The third-order valence-corrected chi connectivity index (χ3v) is 3.31. The molecule has 0 saturated heterocycles. The summed E-state index contributed by atoms with van der Waals surface area (Å²) in [6.07, 6.45) is 1.80. The number of nitrogens with one attached hydrogen (secondary N) is 1. The van der Waals surface area contributed by atoms with E-state index in [0.717, 1.165) is 12.8 Å². The first-order valence-electron chi connectivity index (χ1n) is 5.83. The van der Waals surface area contributed by atoms with E-state index < -0.39 is 5.97 Å². The standard InChI is InChI=1S/C13H20N2O2/c1-4-13(3,5-2)15-11-9(12(16)17)7-6-8-10(11)14/h6-8,15H,4-5,14H2,1-3H3,(H,16,17). The van der Waals surface area contributed by atoms with Crippen molar-refractivity contribution >= 4 is 17.3 Å². The lowest BCUT2D eigenvalue weighted by atomic mass is 9.94. The Balaban J connectivity index is 3.17. The van der Waals surface area contributed by atoms with Gasteiger partial charge in [-0.25, -0.2) is 4.79 Å². The van der Waals surface area contributed by atoms with Gasteiger partial charge in [-0.15, -0.1) is 0 Å². The topological polar surface area (TPSA) is 75.3 Å². The van der Waals surface area contributed by atoms with Crippen LogP contribution in [0.15, 0.2) is 18.2 Å². The van der Waals surface area contributed by atoms with Crippen LogP contribution in [-0.4, -0.2) is 16.6 Å². The second-order valence-corrected chi connectivity index (χ2v) is 4.47. The molecule has 0 heterocycles. The average Bonchev–Trinajstić information content (AvgIpc) is 2.31. The number of nitrogen functional groups attached to an aromatic ring is 1. The lowest BCUT2D eigenvalue weighted by Crippen LogP contribution is -2.34. The number of carboxylic acids is 1. The molecule has 0 fully saturated rings. The zero-order valence-electron chi connectivity index (χ0n) is 10.6. The van der Waals surface area contributed by atoms with Gasteiger partial charge in [-0.2, -0.15) is 0 Å². The first kappa shape index (κ1) is 13.4. The molecule has 0 atom stereocenters. The molecule has 0 aliphatic rings. The molecule has 4 nitrogen and oxygen atoms in total. The maximum absolute atomic E-state index is 11.1. The average molecular weight is 236 g/mol. The van der Waals surface area contributed by atoms with Crippen molar-refractivity contribution in [3.63, 3.8) is 0 Å². The number of para-hydroxylation sites is 1. The highest BCUT2D eigenvalue weighted by atomic mass is 16.4. The third-order valence-electron chi connectivity index (χ3n) is 3.31. The van der Waals surface area contributed by atoms with Crippen molar-refractivity contribution in [1.29, 1.82) is 0 Å². The Labute approximate surface area is 102 Å². The highest BCUT2D eigenvalue weighted by Gasteiger charge is 2.23. The van der Waals surface area contributed by atoms with E-state index in [-0.39, 0.29) is 11.1 Å². The molecule has 4 heteroatoms. The van der Waals surface area contributed by atoms with E-state index in [1.165, 1.54) is 0 Å². The molecule has 4 N–H and O–H groups in total. The lowest BCUT2D eigenvalue weighted by molar-refractivity contribution is 0.0698. The van der Waals surface area contributed by atoms with Crippen molar-refractivity contribution in [2.45, 2.75) is 39.2 Å². The molecule has 0 unspecified atom stereocenters. The van der Waals surface area contributed by atoms with Gasteiger partial charge in [0.15, 0.2) is 0 Å². The minimum Gasteiger partial charge on any atom is -0.478 e. The van der Waals surface area contributed by atoms with E-state index in [0.29, 0.717) is 11.4 Å². The van der Waals surface area contributed by atoms with Crippen LogP contribution in [0.5, 0.6) is 0 Å². The van der Waals surface area contributed by atoms with Crippen LogP contribution < -0.4 is 11.1 Å². The summed E-state index contributed by atoms with van der Waals surface area (Å²) in [5.74, 6) is -0.964. The molecule has 0 bridgehead atoms. The van der Waals surface area contributed by atoms with E-state index in [2.05, 4.69) is 26.1 Å². The fourth-order valence-corrected chi connectivity index (χ4v) is 1.62. The number of hydrogen-bond donors (Lipinski definition) is 3. The van der Waals surface area contributed by atoms with Crippen LogP contribution in [0, 0.1) is 0 Å². The molecular weight excluding hydrogens is 216 g/mol. The Morgan fingerprint density at radius 3 is 2.47 bits per heavy atom. The zero-order valence-corrected chi connectivity index (χ0v) is 10.6. The molecule has 1 aromatic carbocycles. The molecule has 1 rings (SSSR count). The van der Waals surface area contributed by atoms with E-state index in [4.69, 9.17) is 10.8 Å². The Morgan fingerprint density at radius 1 is 1.41 bits per heavy atom. The first-order chi connectivity index (χ1) is 7.93. The predicted octanol–water partition coefficient (Wildman–Crippen LogP) is 2.96. The molecule has 17 heavy (non-hydrogen) atoms. The summed E-state index contributed by atoms with van der Waals surface area (Å²) in [5.41, 5.74) is 6.92. The van der Waals surface area contributed by atoms with Crippen LogP contribution >= 0.6 is 0 Å². The minimum absolute atomic E-state index is 0.139. The van der Waals surface area contributed by atoms with Crippen LogP contribution in [0.3, 0.4) is 0 Å². The molecule has 0 amide bonds. The smallest absolute Gasteiger partial charge is 0.337 e. The minimum atomic E-state index is -0.964. The number of carbonyl (C=O) groups is 1. The monoisotopic (exact) mass is 236 g/mol. The van der Waals surface area contributed by atoms with Gasteiger partial charge >= 0.3 is 5.97 Å². The predicted molar refractivity (Wildman–Crippen MR) is 70.4 cm³/mol.